The Kier molecular flexibility index (Phi) is 9.67. The number of carboxylic acids is 1. The quantitative estimate of drug-likeness (QED) is 0.176. The Balaban J connectivity index is 1.76. The molecule has 36 heavy (non-hydrogen) atoms. The predicted molar refractivity (Wildman–Crippen MR) is 149 cm³/mol. The lowest BCUT2D eigenvalue weighted by Gasteiger charge is -2.44. The minimum absolute atomic E-state index is 0.0469. The highest BCUT2D eigenvalue weighted by Crippen LogP contribution is 2.36. The number of carboxylic acid groups (broad SMARTS) is 1. The molecule has 0 aliphatic carbocycles. The van der Waals surface area contributed by atoms with E-state index in [1.807, 2.05) is 22.6 Å². The van der Waals surface area contributed by atoms with Crippen LogP contribution in [0.25, 0.3) is 0 Å². The molecule has 0 radical (unpaired) electrons. The van der Waals surface area contributed by atoms with Crippen molar-refractivity contribution < 1.29 is 49.3 Å². The molecule has 7 N–H and O–H groups in total. The number of phenols is 1. The van der Waals surface area contributed by atoms with Gasteiger partial charge in [0.1, 0.15) is 29.7 Å². The number of aliphatic carboxylic acids is 1. The fraction of sp³-hybridized carbons (Fsp3) is 0.364. The van der Waals surface area contributed by atoms with Crippen LogP contribution in [0.4, 0.5) is 0 Å². The van der Waals surface area contributed by atoms with Gasteiger partial charge in [-0.2, -0.15) is 0 Å². The lowest BCUT2D eigenvalue weighted by atomic mass is 9.92. The average molecular weight is 841 g/mol. The van der Waals surface area contributed by atoms with Gasteiger partial charge in [-0.25, -0.2) is 4.79 Å². The van der Waals surface area contributed by atoms with Gasteiger partial charge in [0, 0.05) is 0 Å². The van der Waals surface area contributed by atoms with Gasteiger partial charge in [0.25, 0.3) is 0 Å². The molecule has 11 nitrogen and oxygen atoms in total. The van der Waals surface area contributed by atoms with E-state index in [1.165, 1.54) is 13.0 Å². The first-order valence-electron chi connectivity index (χ1n) is 10.3. The van der Waals surface area contributed by atoms with Crippen LogP contribution >= 0.6 is 67.8 Å². The summed E-state index contributed by atoms with van der Waals surface area (Å²) < 4.78 is 18.1. The van der Waals surface area contributed by atoms with E-state index < -0.39 is 48.2 Å². The van der Waals surface area contributed by atoms with Gasteiger partial charge in [-0.15, -0.1) is 0 Å². The fourth-order valence-corrected chi connectivity index (χ4v) is 6.07. The van der Waals surface area contributed by atoms with Crippen LogP contribution in [0.5, 0.6) is 17.2 Å². The van der Waals surface area contributed by atoms with Crippen molar-refractivity contribution in [1.29, 1.82) is 0 Å². The molecule has 0 unspecified atom stereocenters. The Bertz CT molecular complexity index is 1140. The van der Waals surface area contributed by atoms with E-state index in [9.17, 15) is 35.1 Å². The van der Waals surface area contributed by atoms with Crippen molar-refractivity contribution >= 4 is 79.7 Å². The van der Waals surface area contributed by atoms with Gasteiger partial charge in [0.15, 0.2) is 11.9 Å². The summed E-state index contributed by atoms with van der Waals surface area (Å²) in [6.45, 7) is 1.26. The number of aromatic hydroxyl groups is 1. The Morgan fingerprint density at radius 1 is 1.08 bits per heavy atom. The number of hydrogen-bond acceptors (Lipinski definition) is 10. The number of nitrogens with two attached hydrogens (primary N) is 1. The number of phenolic OH excluding ortho intramolecular Hbond substituents is 1. The topological polar surface area (TPSA) is 189 Å². The zero-order chi connectivity index (χ0) is 26.9. The maximum atomic E-state index is 12.7. The van der Waals surface area contributed by atoms with Gasteiger partial charge in [0.05, 0.1) is 16.8 Å². The van der Waals surface area contributed by atoms with Crippen LogP contribution in [0.1, 0.15) is 12.5 Å². The van der Waals surface area contributed by atoms with Crippen LogP contribution in [0.3, 0.4) is 0 Å². The third kappa shape index (κ3) is 6.16. The smallest absolute Gasteiger partial charge is 0.380 e. The van der Waals surface area contributed by atoms with Crippen LogP contribution in [-0.4, -0.2) is 73.7 Å². The van der Waals surface area contributed by atoms with Crippen molar-refractivity contribution in [1.82, 2.24) is 0 Å². The number of benzene rings is 2. The molecule has 0 aromatic heterocycles. The van der Waals surface area contributed by atoms with Gasteiger partial charge < -0.3 is 45.5 Å². The molecule has 2 aromatic rings. The SMILES string of the molecule is C[C@H]1O[C@](OC(=O)[C@@H](N)Cc2cc(I)c(Oc3ccc(O)c(I)c3)c(I)c2)(C(=O)O)[C@H](O)[C@@H](O)[C@@H]1O. The predicted octanol–water partition coefficient (Wildman–Crippen LogP) is 1.69. The third-order valence-corrected chi connectivity index (χ3v) is 7.88. The molecule has 14 heteroatoms. The number of rotatable bonds is 7. The number of aliphatic hydroxyl groups excluding tert-OH is 3. The van der Waals surface area contributed by atoms with E-state index in [-0.39, 0.29) is 12.2 Å². The molecule has 196 valence electrons. The molecule has 0 saturated carbocycles. The summed E-state index contributed by atoms with van der Waals surface area (Å²) in [6, 6.07) is 6.95. The van der Waals surface area contributed by atoms with E-state index in [2.05, 4.69) is 45.2 Å². The molecular formula is C22H22I3NO10. The molecule has 0 bridgehead atoms. The number of halogens is 3. The second-order valence-corrected chi connectivity index (χ2v) is 11.5. The first kappa shape index (κ1) is 29.5. The molecule has 1 aliphatic rings. The second kappa shape index (κ2) is 11.8. The Labute approximate surface area is 246 Å². The highest BCUT2D eigenvalue weighted by Gasteiger charge is 2.61. The molecule has 0 spiro atoms. The monoisotopic (exact) mass is 841 g/mol. The van der Waals surface area contributed by atoms with Crippen LogP contribution in [0.15, 0.2) is 30.3 Å². The van der Waals surface area contributed by atoms with Gasteiger partial charge in [0.2, 0.25) is 0 Å². The summed E-state index contributed by atoms with van der Waals surface area (Å²) in [5, 5.41) is 49.4. The second-order valence-electron chi connectivity index (χ2n) is 8.06. The van der Waals surface area contributed by atoms with E-state index >= 15 is 0 Å². The van der Waals surface area contributed by atoms with Crippen LogP contribution in [0, 0.1) is 10.7 Å². The molecule has 1 saturated heterocycles. The molecular weight excluding hydrogens is 819 g/mol. The van der Waals surface area contributed by atoms with Crippen molar-refractivity contribution in [3.8, 4) is 17.2 Å². The highest BCUT2D eigenvalue weighted by molar-refractivity contribution is 14.1. The minimum atomic E-state index is -2.94. The largest absolute Gasteiger partial charge is 0.507 e. The summed E-state index contributed by atoms with van der Waals surface area (Å²) in [5.41, 5.74) is 6.61. The molecule has 1 aliphatic heterocycles. The van der Waals surface area contributed by atoms with E-state index in [1.54, 1.807) is 24.3 Å². The van der Waals surface area contributed by atoms with E-state index in [4.69, 9.17) is 19.9 Å². The third-order valence-electron chi connectivity index (χ3n) is 5.41. The van der Waals surface area contributed by atoms with Gasteiger partial charge in [-0.3, -0.25) is 4.79 Å². The summed E-state index contributed by atoms with van der Waals surface area (Å²) in [5.74, 6) is -4.76. The van der Waals surface area contributed by atoms with Gasteiger partial charge >= 0.3 is 17.7 Å². The van der Waals surface area contributed by atoms with Crippen molar-refractivity contribution in [3.63, 3.8) is 0 Å². The van der Waals surface area contributed by atoms with Crippen LogP contribution < -0.4 is 10.5 Å². The number of carbonyl (C=O) groups is 2. The molecule has 1 fully saturated rings. The van der Waals surface area contributed by atoms with E-state index in [0.717, 1.165) is 0 Å². The van der Waals surface area contributed by atoms with Gasteiger partial charge in [-0.05, 0) is 117 Å². The summed E-state index contributed by atoms with van der Waals surface area (Å²) >= 11 is 6.11. The first-order valence-corrected chi connectivity index (χ1v) is 13.6. The number of carbonyl (C=O) groups excluding carboxylic acids is 1. The standard InChI is InChI=1S/C22H22I3NO10/c1-8-16(28)17(29)19(30)22(35-8,21(32)33)36-20(31)14(26)6-9-4-12(24)18(13(25)5-9)34-10-2-3-15(27)11(23)7-10/h2-5,7-8,14,16-17,19,27-30H,6,26H2,1H3,(H,32,33)/t8-,14+,16-,17+,19-,22-/m1/s1. The Hall–Kier alpha value is -1.03. The van der Waals surface area contributed by atoms with Crippen molar-refractivity contribution in [2.45, 2.75) is 49.6 Å². The lowest BCUT2D eigenvalue weighted by Crippen LogP contribution is -2.69. The normalized spacial score (nSPS) is 26.8. The molecule has 1 heterocycles. The summed E-state index contributed by atoms with van der Waals surface area (Å²) in [4.78, 5) is 24.6. The van der Waals surface area contributed by atoms with Crippen molar-refractivity contribution in [3.05, 3.63) is 46.6 Å². The average Bonchev–Trinajstić information content (AvgIpc) is 2.80. The lowest BCUT2D eigenvalue weighted by molar-refractivity contribution is -0.335. The molecule has 6 atom stereocenters. The van der Waals surface area contributed by atoms with Gasteiger partial charge in [-0.1, -0.05) is 0 Å². The number of hydrogen-bond donors (Lipinski definition) is 6. The molecule has 0 amide bonds. The van der Waals surface area contributed by atoms with Crippen molar-refractivity contribution in [2.24, 2.45) is 5.73 Å². The summed E-state index contributed by atoms with van der Waals surface area (Å²) in [7, 11) is 0. The molecule has 3 rings (SSSR count). The fourth-order valence-electron chi connectivity index (χ4n) is 3.47. The highest BCUT2D eigenvalue weighted by atomic mass is 127. The zero-order valence-corrected chi connectivity index (χ0v) is 24.9. The Morgan fingerprint density at radius 3 is 2.25 bits per heavy atom. The number of esters is 1. The summed E-state index contributed by atoms with van der Waals surface area (Å²) in [6.07, 6.45) is -7.07. The van der Waals surface area contributed by atoms with Crippen molar-refractivity contribution in [2.75, 3.05) is 0 Å². The first-order chi connectivity index (χ1) is 16.8. The van der Waals surface area contributed by atoms with E-state index in [0.29, 0.717) is 27.8 Å². The maximum Gasteiger partial charge on any atom is 0.380 e. The number of aliphatic hydroxyl groups is 3. The Morgan fingerprint density at radius 2 is 1.69 bits per heavy atom. The zero-order valence-electron chi connectivity index (χ0n) is 18.5. The molecule has 2 aromatic carbocycles. The van der Waals surface area contributed by atoms with Crippen LogP contribution in [-0.2, 0) is 25.5 Å². The number of ether oxygens (including phenoxy) is 3. The maximum absolute atomic E-state index is 12.7. The minimum Gasteiger partial charge on any atom is -0.507 e. The van der Waals surface area contributed by atoms with Crippen LogP contribution in [0.2, 0.25) is 0 Å².